The Morgan fingerprint density at radius 3 is 2.70 bits per heavy atom. The monoisotopic (exact) mass is 649 g/mol. The van der Waals surface area contributed by atoms with E-state index in [9.17, 15) is 14.7 Å². The summed E-state index contributed by atoms with van der Waals surface area (Å²) in [5, 5.41) is 10.3. The molecule has 6 N–H and O–H groups in total. The number of aliphatic imine (C=N–C) groups is 1. The number of nitrogens with two attached hydrogens (primary N) is 2. The summed E-state index contributed by atoms with van der Waals surface area (Å²) in [4.78, 5) is 38.6. The number of amidine groups is 1. The minimum atomic E-state index is -0.876. The molecular weight excluding hydrogens is 609 g/mol. The van der Waals surface area contributed by atoms with Gasteiger partial charge in [0.1, 0.15) is 5.65 Å². The van der Waals surface area contributed by atoms with E-state index in [0.717, 1.165) is 49.7 Å². The van der Waals surface area contributed by atoms with Crippen molar-refractivity contribution in [2.75, 3.05) is 13.1 Å². The average molecular weight is 650 g/mol. The second kappa shape index (κ2) is 14.6. The maximum Gasteiger partial charge on any atom is 0.354 e. The molecule has 2 aromatic carbocycles. The van der Waals surface area contributed by atoms with E-state index in [2.05, 4.69) is 15.0 Å². The summed E-state index contributed by atoms with van der Waals surface area (Å²) in [7, 11) is 0. The lowest BCUT2D eigenvalue weighted by Crippen LogP contribution is -2.45. The molecule has 0 radical (unpaired) electrons. The molecule has 1 saturated heterocycles. The van der Waals surface area contributed by atoms with Gasteiger partial charge in [-0.15, -0.1) is 0 Å². The first-order valence-electron chi connectivity index (χ1n) is 15.7. The second-order valence-corrected chi connectivity index (χ2v) is 12.7. The van der Waals surface area contributed by atoms with Crippen LogP contribution in [0.2, 0.25) is 5.02 Å². The van der Waals surface area contributed by atoms with Gasteiger partial charge in [-0.2, -0.15) is 4.98 Å². The number of benzene rings is 2. The first kappa shape index (κ1) is 33.3. The predicted octanol–water partition coefficient (Wildman–Crippen LogP) is 5.59. The van der Waals surface area contributed by atoms with Crippen molar-refractivity contribution in [2.24, 2.45) is 16.5 Å². The molecule has 0 bridgehead atoms. The van der Waals surface area contributed by atoms with Crippen molar-refractivity contribution in [3.05, 3.63) is 81.1 Å². The van der Waals surface area contributed by atoms with Gasteiger partial charge in [0.25, 0.3) is 0 Å². The molecule has 4 aromatic rings. The molecular formula is C34H41ClFN7O3. The van der Waals surface area contributed by atoms with Gasteiger partial charge in [0.2, 0.25) is 0 Å². The van der Waals surface area contributed by atoms with E-state index in [4.69, 9.17) is 23.1 Å². The molecule has 3 atom stereocenters. The molecule has 10 nitrogen and oxygen atoms in total. The number of hydrogen-bond acceptors (Lipinski definition) is 6. The molecule has 2 aromatic heterocycles. The lowest BCUT2D eigenvalue weighted by atomic mass is 9.89. The van der Waals surface area contributed by atoms with Crippen LogP contribution in [0, 0.1) is 5.82 Å². The van der Waals surface area contributed by atoms with Crippen molar-refractivity contribution >= 4 is 34.4 Å². The highest BCUT2D eigenvalue weighted by Crippen LogP contribution is 2.36. The third-order valence-corrected chi connectivity index (χ3v) is 8.87. The number of carboxylic acids is 1. The van der Waals surface area contributed by atoms with Crippen LogP contribution >= 0.6 is 11.6 Å². The third-order valence-electron chi connectivity index (χ3n) is 8.59. The number of halogens is 2. The number of aromatic amines is 1. The van der Waals surface area contributed by atoms with E-state index in [0.29, 0.717) is 46.8 Å². The molecule has 1 fully saturated rings. The summed E-state index contributed by atoms with van der Waals surface area (Å²) in [6, 6.07) is 12.8. The maximum absolute atomic E-state index is 15.2. The topological polar surface area (TPSA) is 156 Å². The highest BCUT2D eigenvalue weighted by Gasteiger charge is 2.32. The predicted molar refractivity (Wildman–Crippen MR) is 180 cm³/mol. The molecule has 46 heavy (non-hydrogen) atoms. The smallest absolute Gasteiger partial charge is 0.354 e. The van der Waals surface area contributed by atoms with Gasteiger partial charge in [0, 0.05) is 41.8 Å². The average Bonchev–Trinajstić information content (AvgIpc) is 3.41. The Kier molecular flexibility index (Phi) is 10.6. The number of hydrogen-bond donors (Lipinski definition) is 4. The van der Waals surface area contributed by atoms with E-state index in [-0.39, 0.29) is 29.7 Å². The maximum atomic E-state index is 15.2. The third kappa shape index (κ3) is 7.83. The highest BCUT2D eigenvalue weighted by molar-refractivity contribution is 6.31. The van der Waals surface area contributed by atoms with Gasteiger partial charge in [0.15, 0.2) is 5.82 Å². The molecule has 1 aliphatic rings. The molecule has 1 aliphatic heterocycles. The Bertz CT molecular complexity index is 1780. The Labute approximate surface area is 272 Å². The second-order valence-electron chi connectivity index (χ2n) is 12.3. The van der Waals surface area contributed by atoms with E-state index in [1.807, 2.05) is 36.1 Å². The number of carboxylic acid groups (broad SMARTS) is 1. The molecule has 0 amide bonds. The normalized spacial score (nSPS) is 18.2. The zero-order valence-corrected chi connectivity index (χ0v) is 26.9. The number of nitrogens with one attached hydrogen (secondary N) is 1. The van der Waals surface area contributed by atoms with Gasteiger partial charge in [-0.1, -0.05) is 23.7 Å². The lowest BCUT2D eigenvalue weighted by molar-refractivity contribution is -0.140. The van der Waals surface area contributed by atoms with Crippen molar-refractivity contribution in [2.45, 2.75) is 76.9 Å². The van der Waals surface area contributed by atoms with Crippen LogP contribution in [0.25, 0.3) is 28.0 Å². The summed E-state index contributed by atoms with van der Waals surface area (Å²) < 4.78 is 16.6. The lowest BCUT2D eigenvalue weighted by Gasteiger charge is -2.41. The number of aliphatic carboxylic acids is 1. The van der Waals surface area contributed by atoms with Gasteiger partial charge in [0.05, 0.1) is 28.8 Å². The van der Waals surface area contributed by atoms with Crippen molar-refractivity contribution in [3.63, 3.8) is 0 Å². The molecule has 3 heterocycles. The molecule has 0 unspecified atom stereocenters. The van der Waals surface area contributed by atoms with Crippen LogP contribution in [-0.4, -0.2) is 61.5 Å². The van der Waals surface area contributed by atoms with Gasteiger partial charge < -0.3 is 21.6 Å². The fourth-order valence-corrected chi connectivity index (χ4v) is 6.62. The Hall–Kier alpha value is -4.06. The summed E-state index contributed by atoms with van der Waals surface area (Å²) in [6.45, 7) is 4.18. The van der Waals surface area contributed by atoms with E-state index < -0.39 is 17.5 Å². The van der Waals surface area contributed by atoms with Crippen molar-refractivity contribution in [3.8, 4) is 16.9 Å². The molecule has 5 rings (SSSR count). The van der Waals surface area contributed by atoms with Gasteiger partial charge in [-0.3, -0.25) is 19.3 Å². The summed E-state index contributed by atoms with van der Waals surface area (Å²) >= 11 is 6.26. The molecule has 0 aliphatic carbocycles. The van der Waals surface area contributed by atoms with Crippen LogP contribution in [0.1, 0.15) is 69.5 Å². The molecule has 0 spiro atoms. The Morgan fingerprint density at radius 2 is 2.00 bits per heavy atom. The summed E-state index contributed by atoms with van der Waals surface area (Å²) in [6.07, 6.45) is 7.52. The van der Waals surface area contributed by atoms with E-state index in [1.165, 1.54) is 4.57 Å². The Balaban J connectivity index is 1.40. The number of piperidine rings is 1. The fraction of sp³-hybridized carbons (Fsp3) is 0.412. The first-order valence-corrected chi connectivity index (χ1v) is 16.1. The van der Waals surface area contributed by atoms with Crippen LogP contribution in [0.15, 0.2) is 58.4 Å². The minimum Gasteiger partial charge on any atom is -0.480 e. The van der Waals surface area contributed by atoms with Crippen molar-refractivity contribution in [1.29, 1.82) is 0 Å². The molecule has 12 heteroatoms. The van der Waals surface area contributed by atoms with Gasteiger partial charge >= 0.3 is 11.7 Å². The molecule has 0 saturated carbocycles. The number of H-pyrrole nitrogens is 1. The number of aryl methyl sites for hydroxylation is 1. The zero-order valence-electron chi connectivity index (χ0n) is 26.2. The van der Waals surface area contributed by atoms with Crippen molar-refractivity contribution < 1.29 is 14.3 Å². The summed E-state index contributed by atoms with van der Waals surface area (Å²) in [5.74, 6) is -0.904. The Morgan fingerprint density at radius 1 is 1.24 bits per heavy atom. The van der Waals surface area contributed by atoms with Crippen LogP contribution in [0.4, 0.5) is 4.39 Å². The SMILES string of the molecule is CC(N)=NCC[C@@H]1CCC[C@@H](c2ccc(-n3cc4cc(-c5cc(CCC[C@H](C)N)cc(Cl)c5F)[nH]c4nc3=O)cc2)N1CC(=O)O. The van der Waals surface area contributed by atoms with Crippen LogP contribution < -0.4 is 17.2 Å². The van der Waals surface area contributed by atoms with Gasteiger partial charge in [-0.25, -0.2) is 9.18 Å². The first-order chi connectivity index (χ1) is 22.0. The number of aromatic nitrogens is 3. The number of fused-ring (bicyclic) bond motifs is 1. The van der Waals surface area contributed by atoms with Crippen LogP contribution in [0.5, 0.6) is 0 Å². The number of carbonyl (C=O) groups is 1. The zero-order chi connectivity index (χ0) is 33.0. The standard InChI is InChI=1S/C34H41ClFN7O3/c1-20(37)5-3-6-22-15-27(32(36)28(35)16-22)29-17-24-18-43(34(46)41-33(24)40-29)26-11-9-23(10-12-26)30-8-4-7-25(13-14-39-21(2)38)42(30)19-31(44)45/h9-12,15-18,20,25,30H,3-8,13-14,19,37H2,1-2H3,(H2,38,39)(H,44,45)(H,40,41,46)/t20-,25-,30-/m0/s1. The number of rotatable bonds is 12. The highest BCUT2D eigenvalue weighted by atomic mass is 35.5. The number of likely N-dealkylation sites (tertiary alicyclic amines) is 1. The van der Waals surface area contributed by atoms with E-state index >= 15 is 4.39 Å². The number of nitrogens with zero attached hydrogens (tertiary/aromatic N) is 4. The van der Waals surface area contributed by atoms with Crippen molar-refractivity contribution in [1.82, 2.24) is 19.4 Å². The van der Waals surface area contributed by atoms with Crippen LogP contribution in [0.3, 0.4) is 0 Å². The van der Waals surface area contributed by atoms with Crippen LogP contribution in [-0.2, 0) is 11.2 Å². The van der Waals surface area contributed by atoms with Gasteiger partial charge in [-0.05, 0) is 100 Å². The fourth-order valence-electron chi connectivity index (χ4n) is 6.38. The quantitative estimate of drug-likeness (QED) is 0.115. The molecule has 244 valence electrons. The summed E-state index contributed by atoms with van der Waals surface area (Å²) in [5.41, 5.74) is 14.7. The largest absolute Gasteiger partial charge is 0.480 e. The minimum absolute atomic E-state index is 0.0324. The van der Waals surface area contributed by atoms with E-state index in [1.54, 1.807) is 31.3 Å².